The van der Waals surface area contributed by atoms with E-state index >= 15 is 0 Å². The van der Waals surface area contributed by atoms with Gasteiger partial charge in [0, 0.05) is 0 Å². The Kier molecular flexibility index (Phi) is 5.50. The molecule has 5 unspecified atom stereocenters. The second-order valence-electron chi connectivity index (χ2n) is 6.39. The van der Waals surface area contributed by atoms with E-state index in [0.717, 1.165) is 24.7 Å². The normalized spacial score (nSPS) is 41.8. The maximum Gasteiger partial charge on any atom is 0.0840 e. The third-order valence-electron chi connectivity index (χ3n) is 5.12. The van der Waals surface area contributed by atoms with Gasteiger partial charge in [-0.05, 0) is 43.9 Å². The van der Waals surface area contributed by atoms with Gasteiger partial charge in [-0.1, -0.05) is 39.5 Å². The van der Waals surface area contributed by atoms with Gasteiger partial charge in [-0.2, -0.15) is 0 Å². The van der Waals surface area contributed by atoms with Gasteiger partial charge in [-0.15, -0.1) is 0 Å². The molecular weight excluding hydrogens is 224 g/mol. The molecule has 5 atom stereocenters. The molecule has 0 bridgehead atoms. The minimum atomic E-state index is -0.213. The third-order valence-corrected chi connectivity index (χ3v) is 5.12. The predicted molar refractivity (Wildman–Crippen MR) is 74.5 cm³/mol. The van der Waals surface area contributed by atoms with E-state index in [1.165, 1.54) is 44.9 Å². The van der Waals surface area contributed by atoms with Crippen molar-refractivity contribution in [3.8, 4) is 0 Å². The summed E-state index contributed by atoms with van der Waals surface area (Å²) >= 11 is 0. The van der Waals surface area contributed by atoms with Crippen LogP contribution in [0.1, 0.15) is 71.6 Å². The summed E-state index contributed by atoms with van der Waals surface area (Å²) < 4.78 is 6.26. The molecular formula is C16H30O2. The van der Waals surface area contributed by atoms with Gasteiger partial charge in [-0.3, -0.25) is 0 Å². The molecule has 106 valence electrons. The molecule has 2 fully saturated rings. The number of hydrogen-bond acceptors (Lipinski definition) is 2. The summed E-state index contributed by atoms with van der Waals surface area (Å²) in [4.78, 5) is 0. The van der Waals surface area contributed by atoms with Crippen molar-refractivity contribution in [2.45, 2.75) is 89.9 Å². The molecule has 2 rings (SSSR count). The molecule has 2 heteroatoms. The van der Waals surface area contributed by atoms with E-state index in [1.807, 2.05) is 0 Å². The SMILES string of the molecule is CCC1CCCC(OC2CC(CC)CCC2O)C1. The molecule has 0 aromatic heterocycles. The number of aliphatic hydroxyl groups excluding tert-OH is 1. The van der Waals surface area contributed by atoms with Gasteiger partial charge in [-0.25, -0.2) is 0 Å². The lowest BCUT2D eigenvalue weighted by Crippen LogP contribution is -2.39. The largest absolute Gasteiger partial charge is 0.390 e. The van der Waals surface area contributed by atoms with Crippen molar-refractivity contribution >= 4 is 0 Å². The van der Waals surface area contributed by atoms with Gasteiger partial charge < -0.3 is 9.84 Å². The van der Waals surface area contributed by atoms with E-state index in [0.29, 0.717) is 6.10 Å². The fourth-order valence-electron chi connectivity index (χ4n) is 3.70. The molecule has 0 spiro atoms. The first kappa shape index (κ1) is 14.3. The average molecular weight is 254 g/mol. The molecule has 0 radical (unpaired) electrons. The zero-order chi connectivity index (χ0) is 13.0. The molecule has 1 N–H and O–H groups in total. The molecule has 2 aliphatic carbocycles. The van der Waals surface area contributed by atoms with Crippen molar-refractivity contribution in [3.05, 3.63) is 0 Å². The van der Waals surface area contributed by atoms with E-state index in [1.54, 1.807) is 0 Å². The lowest BCUT2D eigenvalue weighted by molar-refractivity contribution is -0.117. The van der Waals surface area contributed by atoms with Gasteiger partial charge in [0.05, 0.1) is 18.3 Å². The van der Waals surface area contributed by atoms with Crippen molar-refractivity contribution in [1.82, 2.24) is 0 Å². The fraction of sp³-hybridized carbons (Fsp3) is 1.00. The monoisotopic (exact) mass is 254 g/mol. The van der Waals surface area contributed by atoms with Crippen molar-refractivity contribution in [3.63, 3.8) is 0 Å². The first-order chi connectivity index (χ1) is 8.72. The molecule has 2 nitrogen and oxygen atoms in total. The molecule has 0 saturated heterocycles. The highest BCUT2D eigenvalue weighted by atomic mass is 16.5. The highest BCUT2D eigenvalue weighted by Gasteiger charge is 2.32. The zero-order valence-corrected chi connectivity index (χ0v) is 12.1. The van der Waals surface area contributed by atoms with E-state index in [4.69, 9.17) is 4.74 Å². The number of rotatable bonds is 4. The summed E-state index contributed by atoms with van der Waals surface area (Å²) in [5.41, 5.74) is 0. The van der Waals surface area contributed by atoms with Crippen LogP contribution >= 0.6 is 0 Å². The number of hydrogen-bond donors (Lipinski definition) is 1. The number of aliphatic hydroxyl groups is 1. The van der Waals surface area contributed by atoms with Crippen molar-refractivity contribution < 1.29 is 9.84 Å². The summed E-state index contributed by atoms with van der Waals surface area (Å²) in [6, 6.07) is 0. The highest BCUT2D eigenvalue weighted by Crippen LogP contribution is 2.34. The molecule has 0 aromatic carbocycles. The summed E-state index contributed by atoms with van der Waals surface area (Å²) in [6.45, 7) is 4.54. The van der Waals surface area contributed by atoms with Gasteiger partial charge in [0.2, 0.25) is 0 Å². The zero-order valence-electron chi connectivity index (χ0n) is 12.1. The molecule has 0 amide bonds. The van der Waals surface area contributed by atoms with Crippen LogP contribution in [0.15, 0.2) is 0 Å². The van der Waals surface area contributed by atoms with Crippen LogP contribution in [0, 0.1) is 11.8 Å². The van der Waals surface area contributed by atoms with Crippen molar-refractivity contribution in [2.24, 2.45) is 11.8 Å². The fourth-order valence-corrected chi connectivity index (χ4v) is 3.70. The molecule has 2 saturated carbocycles. The van der Waals surface area contributed by atoms with Crippen LogP contribution in [0.5, 0.6) is 0 Å². The van der Waals surface area contributed by atoms with Crippen LogP contribution in [0.25, 0.3) is 0 Å². The minimum Gasteiger partial charge on any atom is -0.390 e. The second-order valence-corrected chi connectivity index (χ2v) is 6.39. The van der Waals surface area contributed by atoms with Crippen LogP contribution in [0.3, 0.4) is 0 Å². The van der Waals surface area contributed by atoms with Crippen LogP contribution < -0.4 is 0 Å². The second kappa shape index (κ2) is 6.91. The van der Waals surface area contributed by atoms with E-state index < -0.39 is 0 Å². The Morgan fingerprint density at radius 3 is 2.39 bits per heavy atom. The summed E-state index contributed by atoms with van der Waals surface area (Å²) in [7, 11) is 0. The van der Waals surface area contributed by atoms with Crippen LogP contribution in [0.2, 0.25) is 0 Å². The third kappa shape index (κ3) is 3.71. The van der Waals surface area contributed by atoms with Gasteiger partial charge >= 0.3 is 0 Å². The Morgan fingerprint density at radius 2 is 1.67 bits per heavy atom. The Hall–Kier alpha value is -0.0800. The summed E-state index contributed by atoms with van der Waals surface area (Å²) in [6.07, 6.45) is 11.1. The molecule has 0 aromatic rings. The Labute approximate surface area is 112 Å². The van der Waals surface area contributed by atoms with E-state index in [9.17, 15) is 5.11 Å². The lowest BCUT2D eigenvalue weighted by Gasteiger charge is -2.37. The smallest absolute Gasteiger partial charge is 0.0840 e. The Morgan fingerprint density at radius 1 is 0.944 bits per heavy atom. The van der Waals surface area contributed by atoms with Gasteiger partial charge in [0.1, 0.15) is 0 Å². The highest BCUT2D eigenvalue weighted by molar-refractivity contribution is 4.82. The lowest BCUT2D eigenvalue weighted by atomic mass is 9.82. The van der Waals surface area contributed by atoms with Crippen molar-refractivity contribution in [2.75, 3.05) is 0 Å². The van der Waals surface area contributed by atoms with Gasteiger partial charge in [0.25, 0.3) is 0 Å². The van der Waals surface area contributed by atoms with E-state index in [2.05, 4.69) is 13.8 Å². The Bertz CT molecular complexity index is 241. The summed E-state index contributed by atoms with van der Waals surface area (Å²) in [5.74, 6) is 1.62. The van der Waals surface area contributed by atoms with Crippen molar-refractivity contribution in [1.29, 1.82) is 0 Å². The Balaban J connectivity index is 1.83. The first-order valence-corrected chi connectivity index (χ1v) is 8.06. The number of ether oxygens (including phenoxy) is 1. The summed E-state index contributed by atoms with van der Waals surface area (Å²) in [5, 5.41) is 10.1. The quantitative estimate of drug-likeness (QED) is 0.824. The van der Waals surface area contributed by atoms with Crippen LogP contribution in [0.4, 0.5) is 0 Å². The maximum atomic E-state index is 10.1. The molecule has 18 heavy (non-hydrogen) atoms. The van der Waals surface area contributed by atoms with Crippen LogP contribution in [-0.4, -0.2) is 23.4 Å². The minimum absolute atomic E-state index is 0.115. The van der Waals surface area contributed by atoms with E-state index in [-0.39, 0.29) is 12.2 Å². The van der Waals surface area contributed by atoms with Gasteiger partial charge in [0.15, 0.2) is 0 Å². The molecule has 2 aliphatic rings. The predicted octanol–water partition coefficient (Wildman–Crippen LogP) is 3.91. The molecule has 0 aliphatic heterocycles. The standard InChI is InChI=1S/C16H30O2/c1-3-12-6-5-7-14(10-12)18-16-11-13(4-2)8-9-15(16)17/h12-17H,3-11H2,1-2H3. The molecule has 0 heterocycles. The van der Waals surface area contributed by atoms with Crippen LogP contribution in [-0.2, 0) is 4.74 Å². The average Bonchev–Trinajstić information content (AvgIpc) is 2.41. The maximum absolute atomic E-state index is 10.1. The first-order valence-electron chi connectivity index (χ1n) is 8.06. The topological polar surface area (TPSA) is 29.5 Å².